The predicted molar refractivity (Wildman–Crippen MR) is 64.0 cm³/mol. The van der Waals surface area contributed by atoms with E-state index in [1.165, 1.54) is 0 Å². The van der Waals surface area contributed by atoms with Gasteiger partial charge in [0.15, 0.2) is 6.29 Å². The summed E-state index contributed by atoms with van der Waals surface area (Å²) in [6.07, 6.45) is -0.258. The van der Waals surface area contributed by atoms with Crippen LogP contribution in [0.3, 0.4) is 0 Å². The zero-order valence-corrected chi connectivity index (χ0v) is 10.2. The van der Waals surface area contributed by atoms with Gasteiger partial charge in [0.1, 0.15) is 5.75 Å². The van der Waals surface area contributed by atoms with Crippen molar-refractivity contribution in [1.82, 2.24) is 0 Å². The lowest BCUT2D eigenvalue weighted by atomic mass is 10.2. The molecule has 0 saturated heterocycles. The predicted octanol–water partition coefficient (Wildman–Crippen LogP) is 2.03. The molecule has 1 aromatic rings. The Labute approximate surface area is 96.5 Å². The topological polar surface area (TPSA) is 39.7 Å². The summed E-state index contributed by atoms with van der Waals surface area (Å²) in [6, 6.07) is 5.99. The first-order chi connectivity index (χ1) is 7.71. The zero-order chi connectivity index (χ0) is 12.0. The summed E-state index contributed by atoms with van der Waals surface area (Å²) in [5.41, 5.74) is 2.10. The lowest BCUT2D eigenvalue weighted by Gasteiger charge is -2.16. The summed E-state index contributed by atoms with van der Waals surface area (Å²) >= 11 is 0. The minimum atomic E-state index is -0.258. The number of methoxy groups -OCH3 is 3. The standard InChI is InChI=1S/C12H19NO3/c1-9-5-6-10(11(7-9)14-2)13-8-12(15-3)16-4/h5-7,12-13H,8H2,1-4H3. The molecular weight excluding hydrogens is 206 g/mol. The highest BCUT2D eigenvalue weighted by atomic mass is 16.7. The molecule has 16 heavy (non-hydrogen) atoms. The highest BCUT2D eigenvalue weighted by Gasteiger charge is 2.07. The van der Waals surface area contributed by atoms with E-state index < -0.39 is 0 Å². The molecule has 0 spiro atoms. The fourth-order valence-electron chi connectivity index (χ4n) is 1.40. The summed E-state index contributed by atoms with van der Waals surface area (Å²) in [5, 5.41) is 3.22. The molecule has 0 radical (unpaired) electrons. The van der Waals surface area contributed by atoms with Crippen molar-refractivity contribution in [3.8, 4) is 5.75 Å². The van der Waals surface area contributed by atoms with Crippen LogP contribution in [0.1, 0.15) is 5.56 Å². The van der Waals surface area contributed by atoms with Gasteiger partial charge < -0.3 is 19.5 Å². The lowest BCUT2D eigenvalue weighted by Crippen LogP contribution is -2.23. The molecule has 0 aliphatic carbocycles. The molecular formula is C12H19NO3. The Bertz CT molecular complexity index is 324. The van der Waals surface area contributed by atoms with Crippen molar-refractivity contribution in [3.63, 3.8) is 0 Å². The van der Waals surface area contributed by atoms with Gasteiger partial charge in [-0.1, -0.05) is 6.07 Å². The van der Waals surface area contributed by atoms with E-state index in [1.807, 2.05) is 25.1 Å². The molecule has 0 aliphatic rings. The number of hydrogen-bond donors (Lipinski definition) is 1. The van der Waals surface area contributed by atoms with Crippen LogP contribution in [0.5, 0.6) is 5.75 Å². The zero-order valence-electron chi connectivity index (χ0n) is 10.2. The molecule has 4 heteroatoms. The smallest absolute Gasteiger partial charge is 0.173 e. The second-order valence-corrected chi connectivity index (χ2v) is 3.49. The molecule has 0 aromatic heterocycles. The number of benzene rings is 1. The van der Waals surface area contributed by atoms with Gasteiger partial charge in [-0.25, -0.2) is 0 Å². The highest BCUT2D eigenvalue weighted by molar-refractivity contribution is 5.57. The number of ether oxygens (including phenoxy) is 3. The molecule has 1 N–H and O–H groups in total. The molecule has 0 fully saturated rings. The van der Waals surface area contributed by atoms with E-state index in [4.69, 9.17) is 14.2 Å². The maximum atomic E-state index is 5.28. The first kappa shape index (κ1) is 12.8. The quantitative estimate of drug-likeness (QED) is 0.752. The molecule has 0 atom stereocenters. The van der Waals surface area contributed by atoms with E-state index in [0.29, 0.717) is 6.54 Å². The Morgan fingerprint density at radius 3 is 2.44 bits per heavy atom. The average molecular weight is 225 g/mol. The number of anilines is 1. The fourth-order valence-corrected chi connectivity index (χ4v) is 1.40. The van der Waals surface area contributed by atoms with Crippen LogP contribution in [0, 0.1) is 6.92 Å². The molecule has 1 aromatic carbocycles. The average Bonchev–Trinajstić information content (AvgIpc) is 2.31. The van der Waals surface area contributed by atoms with Crippen molar-refractivity contribution in [1.29, 1.82) is 0 Å². The van der Waals surface area contributed by atoms with Crippen LogP contribution in [-0.4, -0.2) is 34.2 Å². The monoisotopic (exact) mass is 225 g/mol. The summed E-state index contributed by atoms with van der Waals surface area (Å²) in [4.78, 5) is 0. The Balaban J connectivity index is 2.65. The van der Waals surface area contributed by atoms with Gasteiger partial charge in [0.05, 0.1) is 19.3 Å². The van der Waals surface area contributed by atoms with Crippen molar-refractivity contribution in [2.75, 3.05) is 33.2 Å². The Kier molecular flexibility index (Phi) is 5.08. The fraction of sp³-hybridized carbons (Fsp3) is 0.500. The molecule has 90 valence electrons. The first-order valence-electron chi connectivity index (χ1n) is 5.15. The summed E-state index contributed by atoms with van der Waals surface area (Å²) in [7, 11) is 4.88. The summed E-state index contributed by atoms with van der Waals surface area (Å²) in [5.74, 6) is 0.825. The van der Waals surface area contributed by atoms with Gasteiger partial charge in [-0.2, -0.15) is 0 Å². The second kappa shape index (κ2) is 6.35. The number of hydrogen-bond acceptors (Lipinski definition) is 4. The van der Waals surface area contributed by atoms with E-state index in [9.17, 15) is 0 Å². The van der Waals surface area contributed by atoms with Crippen LogP contribution >= 0.6 is 0 Å². The molecule has 0 amide bonds. The number of nitrogens with one attached hydrogen (secondary N) is 1. The van der Waals surface area contributed by atoms with Gasteiger partial charge >= 0.3 is 0 Å². The third-order valence-corrected chi connectivity index (χ3v) is 2.34. The van der Waals surface area contributed by atoms with Crippen LogP contribution < -0.4 is 10.1 Å². The minimum absolute atomic E-state index is 0.258. The van der Waals surface area contributed by atoms with Crippen molar-refractivity contribution >= 4 is 5.69 Å². The summed E-state index contributed by atoms with van der Waals surface area (Å²) in [6.45, 7) is 2.60. The van der Waals surface area contributed by atoms with Crippen LogP contribution in [0.4, 0.5) is 5.69 Å². The number of rotatable bonds is 6. The minimum Gasteiger partial charge on any atom is -0.495 e. The molecule has 0 unspecified atom stereocenters. The number of aryl methyl sites for hydroxylation is 1. The first-order valence-corrected chi connectivity index (χ1v) is 5.15. The molecule has 4 nitrogen and oxygen atoms in total. The largest absolute Gasteiger partial charge is 0.495 e. The SMILES string of the molecule is COc1cc(C)ccc1NCC(OC)OC. The van der Waals surface area contributed by atoms with Crippen LogP contribution in [-0.2, 0) is 9.47 Å². The Hall–Kier alpha value is -1.26. The van der Waals surface area contributed by atoms with Gasteiger partial charge in [-0.3, -0.25) is 0 Å². The summed E-state index contributed by atoms with van der Waals surface area (Å²) < 4.78 is 15.5. The van der Waals surface area contributed by atoms with Gasteiger partial charge in [0, 0.05) is 14.2 Å². The van der Waals surface area contributed by atoms with Crippen LogP contribution in [0.25, 0.3) is 0 Å². The lowest BCUT2D eigenvalue weighted by molar-refractivity contribution is -0.0914. The Morgan fingerprint density at radius 1 is 1.19 bits per heavy atom. The molecule has 0 bridgehead atoms. The van der Waals surface area contributed by atoms with E-state index in [0.717, 1.165) is 17.0 Å². The van der Waals surface area contributed by atoms with E-state index in [1.54, 1.807) is 21.3 Å². The molecule has 0 heterocycles. The van der Waals surface area contributed by atoms with Gasteiger partial charge in [0.2, 0.25) is 0 Å². The van der Waals surface area contributed by atoms with E-state index in [2.05, 4.69) is 5.32 Å². The van der Waals surface area contributed by atoms with Gasteiger partial charge in [-0.15, -0.1) is 0 Å². The molecule has 0 aliphatic heterocycles. The second-order valence-electron chi connectivity index (χ2n) is 3.49. The van der Waals surface area contributed by atoms with Crippen molar-refractivity contribution in [2.45, 2.75) is 13.2 Å². The van der Waals surface area contributed by atoms with Crippen molar-refractivity contribution in [3.05, 3.63) is 23.8 Å². The molecule has 1 rings (SSSR count). The van der Waals surface area contributed by atoms with Gasteiger partial charge in [0.25, 0.3) is 0 Å². The highest BCUT2D eigenvalue weighted by Crippen LogP contribution is 2.25. The van der Waals surface area contributed by atoms with Crippen molar-refractivity contribution < 1.29 is 14.2 Å². The Morgan fingerprint density at radius 2 is 1.88 bits per heavy atom. The maximum Gasteiger partial charge on any atom is 0.173 e. The third-order valence-electron chi connectivity index (χ3n) is 2.34. The van der Waals surface area contributed by atoms with E-state index >= 15 is 0 Å². The van der Waals surface area contributed by atoms with Crippen LogP contribution in [0.15, 0.2) is 18.2 Å². The molecule has 0 saturated carbocycles. The van der Waals surface area contributed by atoms with Gasteiger partial charge in [-0.05, 0) is 24.6 Å². The maximum absolute atomic E-state index is 5.28. The normalized spacial score (nSPS) is 10.6. The van der Waals surface area contributed by atoms with E-state index in [-0.39, 0.29) is 6.29 Å². The van der Waals surface area contributed by atoms with Crippen LogP contribution in [0.2, 0.25) is 0 Å². The third kappa shape index (κ3) is 3.40. The van der Waals surface area contributed by atoms with Crippen molar-refractivity contribution in [2.24, 2.45) is 0 Å².